The predicted octanol–water partition coefficient (Wildman–Crippen LogP) is 2.40. The second kappa shape index (κ2) is 8.12. The molecule has 1 fully saturated rings. The van der Waals surface area contributed by atoms with Crippen LogP contribution in [0.2, 0.25) is 0 Å². The molecule has 1 aromatic carbocycles. The number of hydrogen-bond donors (Lipinski definition) is 1. The van der Waals surface area contributed by atoms with Crippen molar-refractivity contribution in [3.63, 3.8) is 0 Å². The van der Waals surface area contributed by atoms with Crippen LogP contribution in [-0.4, -0.2) is 35.5 Å². The molecule has 5 nitrogen and oxygen atoms in total. The molecule has 0 radical (unpaired) electrons. The lowest BCUT2D eigenvalue weighted by atomic mass is 9.87. The van der Waals surface area contributed by atoms with Crippen LogP contribution in [0.1, 0.15) is 24.0 Å². The topological polar surface area (TPSA) is 68.4 Å². The molecule has 3 rings (SSSR count). The van der Waals surface area contributed by atoms with Gasteiger partial charge in [-0.15, -0.1) is 0 Å². The van der Waals surface area contributed by atoms with Crippen LogP contribution < -0.4 is 10.5 Å². The van der Waals surface area contributed by atoms with Crippen LogP contribution >= 0.6 is 0 Å². The molecule has 25 heavy (non-hydrogen) atoms. The number of nitrogens with two attached hydrogens (primary N) is 1. The molecular formula is C20H25N3O2. The first-order valence-corrected chi connectivity index (χ1v) is 8.72. The summed E-state index contributed by atoms with van der Waals surface area (Å²) in [6.45, 7) is 1.61. The van der Waals surface area contributed by atoms with Gasteiger partial charge in [-0.2, -0.15) is 0 Å². The van der Waals surface area contributed by atoms with Gasteiger partial charge in [-0.25, -0.2) is 4.98 Å². The van der Waals surface area contributed by atoms with Crippen LogP contribution in [0.4, 0.5) is 0 Å². The number of hydrogen-bond acceptors (Lipinski definition) is 4. The van der Waals surface area contributed by atoms with Crippen molar-refractivity contribution in [3.8, 4) is 5.88 Å². The molecule has 2 N–H and O–H groups in total. The van der Waals surface area contributed by atoms with E-state index in [1.807, 2.05) is 18.2 Å². The summed E-state index contributed by atoms with van der Waals surface area (Å²) < 4.78 is 5.39. The Morgan fingerprint density at radius 2 is 2.08 bits per heavy atom. The highest BCUT2D eigenvalue weighted by molar-refractivity contribution is 5.76. The highest BCUT2D eigenvalue weighted by Crippen LogP contribution is 2.28. The number of nitrogens with zero attached hydrogens (tertiary/aromatic N) is 2. The van der Waals surface area contributed by atoms with E-state index >= 15 is 0 Å². The summed E-state index contributed by atoms with van der Waals surface area (Å²) in [5, 5.41) is 0. The first-order valence-electron chi connectivity index (χ1n) is 8.72. The fourth-order valence-electron chi connectivity index (χ4n) is 3.61. The van der Waals surface area contributed by atoms with Crippen LogP contribution in [-0.2, 0) is 17.8 Å². The first kappa shape index (κ1) is 17.4. The second-order valence-electron chi connectivity index (χ2n) is 6.61. The lowest BCUT2D eigenvalue weighted by Crippen LogP contribution is -2.46. The summed E-state index contributed by atoms with van der Waals surface area (Å²) >= 11 is 0. The quantitative estimate of drug-likeness (QED) is 0.877. The summed E-state index contributed by atoms with van der Waals surface area (Å²) in [5.74, 6) is 0.440. The maximum absolute atomic E-state index is 11.7. The van der Waals surface area contributed by atoms with E-state index in [0.29, 0.717) is 5.88 Å². The number of pyridine rings is 1. The number of carbonyl (C=O) groups is 1. The van der Waals surface area contributed by atoms with Gasteiger partial charge in [0.2, 0.25) is 11.8 Å². The zero-order chi connectivity index (χ0) is 17.6. The summed E-state index contributed by atoms with van der Waals surface area (Å²) in [4.78, 5) is 18.4. The van der Waals surface area contributed by atoms with Gasteiger partial charge < -0.3 is 10.5 Å². The van der Waals surface area contributed by atoms with Crippen molar-refractivity contribution in [1.82, 2.24) is 9.88 Å². The van der Waals surface area contributed by atoms with E-state index in [9.17, 15) is 4.79 Å². The Morgan fingerprint density at radius 1 is 1.28 bits per heavy atom. The van der Waals surface area contributed by atoms with Gasteiger partial charge in [0.15, 0.2) is 0 Å². The largest absolute Gasteiger partial charge is 0.481 e. The lowest BCUT2D eigenvalue weighted by molar-refractivity contribution is -0.124. The predicted molar refractivity (Wildman–Crippen MR) is 97.1 cm³/mol. The highest BCUT2D eigenvalue weighted by atomic mass is 16.5. The Bertz CT molecular complexity index is 705. The number of methoxy groups -OCH3 is 1. The summed E-state index contributed by atoms with van der Waals surface area (Å²) in [6.07, 6.45) is 4.26. The average molecular weight is 339 g/mol. The zero-order valence-corrected chi connectivity index (χ0v) is 14.6. The molecule has 1 amide bonds. The third-order valence-electron chi connectivity index (χ3n) is 4.97. The van der Waals surface area contributed by atoms with Crippen LogP contribution in [0, 0.1) is 5.92 Å². The van der Waals surface area contributed by atoms with Crippen LogP contribution in [0.25, 0.3) is 0 Å². The molecule has 0 aliphatic carbocycles. The molecule has 0 spiro atoms. The molecule has 2 aromatic rings. The van der Waals surface area contributed by atoms with E-state index in [0.717, 1.165) is 37.9 Å². The van der Waals surface area contributed by atoms with E-state index < -0.39 is 0 Å². The third-order valence-corrected chi connectivity index (χ3v) is 4.97. The molecule has 2 unspecified atom stereocenters. The maximum Gasteiger partial charge on any atom is 0.220 e. The molecule has 1 aliphatic rings. The van der Waals surface area contributed by atoms with Gasteiger partial charge in [-0.05, 0) is 37.4 Å². The molecule has 1 aromatic heterocycles. The van der Waals surface area contributed by atoms with Gasteiger partial charge in [-0.3, -0.25) is 9.69 Å². The van der Waals surface area contributed by atoms with Crippen molar-refractivity contribution in [1.29, 1.82) is 0 Å². The number of aromatic nitrogens is 1. The minimum Gasteiger partial charge on any atom is -0.481 e. The number of carbonyl (C=O) groups excluding carboxylic acids is 1. The average Bonchev–Trinajstić information content (AvgIpc) is 2.64. The lowest BCUT2D eigenvalue weighted by Gasteiger charge is -2.39. The monoisotopic (exact) mass is 339 g/mol. The van der Waals surface area contributed by atoms with Gasteiger partial charge in [-0.1, -0.05) is 36.4 Å². The van der Waals surface area contributed by atoms with Crippen molar-refractivity contribution in [2.75, 3.05) is 13.7 Å². The minimum atomic E-state index is -0.184. The molecule has 5 heteroatoms. The van der Waals surface area contributed by atoms with E-state index in [1.54, 1.807) is 13.3 Å². The number of amides is 1. The van der Waals surface area contributed by atoms with Gasteiger partial charge >= 0.3 is 0 Å². The Balaban J connectivity index is 1.78. The number of ether oxygens (including phenoxy) is 1. The normalized spacial score (nSPS) is 21.0. The summed E-state index contributed by atoms with van der Waals surface area (Å²) in [5.41, 5.74) is 7.93. The molecular weight excluding hydrogens is 314 g/mol. The Labute approximate surface area is 148 Å². The standard InChI is InChI=1S/C20H25N3O2/c1-25-20-17(8-5-10-22-20)14-23-11-9-16(19(21)24)13-18(23)12-15-6-3-2-4-7-15/h2-8,10,16,18H,9,11-14H2,1H3,(H2,21,24). The van der Waals surface area contributed by atoms with Gasteiger partial charge in [0.25, 0.3) is 0 Å². The SMILES string of the molecule is COc1ncccc1CN1CCC(C(N)=O)CC1Cc1ccccc1. The summed E-state index contributed by atoms with van der Waals surface area (Å²) in [7, 11) is 1.65. The molecule has 1 saturated heterocycles. The van der Waals surface area contributed by atoms with Crippen LogP contribution in [0.5, 0.6) is 5.88 Å². The van der Waals surface area contributed by atoms with E-state index in [-0.39, 0.29) is 17.9 Å². The smallest absolute Gasteiger partial charge is 0.220 e. The molecule has 132 valence electrons. The number of piperidine rings is 1. The van der Waals surface area contributed by atoms with Crippen molar-refractivity contribution in [3.05, 3.63) is 59.8 Å². The fourth-order valence-corrected chi connectivity index (χ4v) is 3.61. The highest BCUT2D eigenvalue weighted by Gasteiger charge is 2.31. The number of primary amides is 1. The molecule has 2 atom stereocenters. The minimum absolute atomic E-state index is 0.0410. The molecule has 2 heterocycles. The van der Waals surface area contributed by atoms with Crippen molar-refractivity contribution in [2.24, 2.45) is 11.7 Å². The first-order chi connectivity index (χ1) is 12.2. The van der Waals surface area contributed by atoms with Gasteiger partial charge in [0.1, 0.15) is 0 Å². The molecule has 0 bridgehead atoms. The van der Waals surface area contributed by atoms with Crippen molar-refractivity contribution >= 4 is 5.91 Å². The van der Waals surface area contributed by atoms with Gasteiger partial charge in [0.05, 0.1) is 7.11 Å². The Morgan fingerprint density at radius 3 is 2.80 bits per heavy atom. The number of rotatable bonds is 6. The fraction of sp³-hybridized carbons (Fsp3) is 0.400. The van der Waals surface area contributed by atoms with E-state index in [2.05, 4.69) is 34.1 Å². The Hall–Kier alpha value is -2.40. The van der Waals surface area contributed by atoms with E-state index in [4.69, 9.17) is 10.5 Å². The molecule has 0 saturated carbocycles. The second-order valence-corrected chi connectivity index (χ2v) is 6.61. The van der Waals surface area contributed by atoms with Crippen molar-refractivity contribution in [2.45, 2.75) is 31.8 Å². The number of benzene rings is 1. The van der Waals surface area contributed by atoms with Crippen LogP contribution in [0.15, 0.2) is 48.7 Å². The zero-order valence-electron chi connectivity index (χ0n) is 14.6. The number of likely N-dealkylation sites (tertiary alicyclic amines) is 1. The maximum atomic E-state index is 11.7. The Kier molecular flexibility index (Phi) is 5.66. The van der Waals surface area contributed by atoms with E-state index in [1.165, 1.54) is 5.56 Å². The third kappa shape index (κ3) is 4.37. The summed E-state index contributed by atoms with van der Waals surface area (Å²) in [6, 6.07) is 14.7. The van der Waals surface area contributed by atoms with Gasteiger partial charge in [0, 0.05) is 30.3 Å². The molecule has 1 aliphatic heterocycles. The van der Waals surface area contributed by atoms with Crippen LogP contribution in [0.3, 0.4) is 0 Å². The van der Waals surface area contributed by atoms with Crippen molar-refractivity contribution < 1.29 is 9.53 Å².